The van der Waals surface area contributed by atoms with Crippen molar-refractivity contribution in [3.05, 3.63) is 167 Å². The molecule has 6 nitrogen and oxygen atoms in total. The van der Waals surface area contributed by atoms with Crippen LogP contribution >= 0.6 is 22.9 Å². The number of nitrogens with zero attached hydrogens (tertiary/aromatic N) is 3. The molecule has 48 heavy (non-hydrogen) atoms. The van der Waals surface area contributed by atoms with Gasteiger partial charge in [-0.1, -0.05) is 102 Å². The maximum Gasteiger partial charge on any atom is 0.271 e. The summed E-state index contributed by atoms with van der Waals surface area (Å²) in [6, 6.07) is 45.8. The topological polar surface area (TPSA) is 71.3 Å². The van der Waals surface area contributed by atoms with E-state index in [4.69, 9.17) is 16.6 Å². The molecule has 0 aliphatic carbocycles. The Morgan fingerprint density at radius 3 is 2.15 bits per heavy atom. The summed E-state index contributed by atoms with van der Waals surface area (Å²) in [5, 5.41) is 11.2. The molecule has 0 fully saturated rings. The van der Waals surface area contributed by atoms with E-state index in [1.807, 2.05) is 90.3 Å². The lowest BCUT2D eigenvalue weighted by atomic mass is 10.1. The summed E-state index contributed by atoms with van der Waals surface area (Å²) >= 11 is 7.80. The average Bonchev–Trinajstić information content (AvgIpc) is 3.75. The maximum atomic E-state index is 13.1. The Morgan fingerprint density at radius 1 is 0.792 bits per heavy atom. The van der Waals surface area contributed by atoms with Crippen LogP contribution in [0.4, 0.5) is 10.8 Å². The summed E-state index contributed by atoms with van der Waals surface area (Å²) in [6.07, 6.45) is 1.70. The zero-order valence-corrected chi connectivity index (χ0v) is 27.5. The Hall–Kier alpha value is -5.76. The number of carbonyl (C=O) groups is 1. The third-order valence-electron chi connectivity index (χ3n) is 7.85. The molecule has 0 aliphatic rings. The molecule has 7 aromatic rings. The van der Waals surface area contributed by atoms with Crippen molar-refractivity contribution in [1.82, 2.24) is 15.0 Å². The standard InChI is InChI=1S/C40H30ClN5OS/c1-27-12-20-34(21-13-27)43-40-44-36(26-48-40)28-14-16-31(17-15-28)39(47)45-42-25-32-24-37(29-8-4-2-5-9-29)46(35-22-18-33(41)19-23-35)38(32)30-10-6-3-7-11-30/h2-26H,1H3,(H,43,44)(H,45,47)/b42-25-. The summed E-state index contributed by atoms with van der Waals surface area (Å²) in [4.78, 5) is 17.9. The van der Waals surface area contributed by atoms with Gasteiger partial charge in [0.2, 0.25) is 0 Å². The van der Waals surface area contributed by atoms with Gasteiger partial charge in [0.15, 0.2) is 5.13 Å². The molecule has 0 saturated carbocycles. The van der Waals surface area contributed by atoms with Crippen LogP contribution in [0.3, 0.4) is 0 Å². The lowest BCUT2D eigenvalue weighted by Gasteiger charge is -2.15. The molecule has 0 aliphatic heterocycles. The van der Waals surface area contributed by atoms with Crippen molar-refractivity contribution in [2.75, 3.05) is 5.32 Å². The fourth-order valence-electron chi connectivity index (χ4n) is 5.44. The lowest BCUT2D eigenvalue weighted by molar-refractivity contribution is 0.0955. The van der Waals surface area contributed by atoms with Gasteiger partial charge in [-0.25, -0.2) is 10.4 Å². The number of thiazole rings is 1. The van der Waals surface area contributed by atoms with Crippen molar-refractivity contribution >= 4 is 45.9 Å². The number of hydrogen-bond acceptors (Lipinski definition) is 5. The minimum Gasteiger partial charge on any atom is -0.332 e. The van der Waals surface area contributed by atoms with Crippen LogP contribution in [0.2, 0.25) is 5.02 Å². The highest BCUT2D eigenvalue weighted by Gasteiger charge is 2.19. The Morgan fingerprint density at radius 2 is 1.46 bits per heavy atom. The van der Waals surface area contributed by atoms with Gasteiger partial charge < -0.3 is 9.88 Å². The smallest absolute Gasteiger partial charge is 0.271 e. The molecular formula is C40H30ClN5OS. The number of rotatable bonds is 9. The van der Waals surface area contributed by atoms with Gasteiger partial charge in [-0.2, -0.15) is 5.10 Å². The number of hydrazone groups is 1. The molecule has 0 spiro atoms. The van der Waals surface area contributed by atoms with Crippen LogP contribution in [-0.4, -0.2) is 21.7 Å². The van der Waals surface area contributed by atoms with Crippen molar-refractivity contribution in [2.45, 2.75) is 6.92 Å². The number of halogens is 1. The number of benzene rings is 5. The fraction of sp³-hybridized carbons (Fsp3) is 0.0250. The summed E-state index contributed by atoms with van der Waals surface area (Å²) in [5.74, 6) is -0.306. The number of aromatic nitrogens is 2. The second kappa shape index (κ2) is 13.9. The van der Waals surface area contributed by atoms with E-state index >= 15 is 0 Å². The highest BCUT2D eigenvalue weighted by Crippen LogP contribution is 2.36. The van der Waals surface area contributed by atoms with Crippen LogP contribution in [0.25, 0.3) is 39.5 Å². The molecular weight excluding hydrogens is 634 g/mol. The van der Waals surface area contributed by atoms with Gasteiger partial charge in [0, 0.05) is 38.5 Å². The summed E-state index contributed by atoms with van der Waals surface area (Å²) in [5.41, 5.74) is 13.0. The first-order valence-electron chi connectivity index (χ1n) is 15.4. The SMILES string of the molecule is Cc1ccc(Nc2nc(-c3ccc(C(=O)N/N=C\c4cc(-c5ccccc5)n(-c5ccc(Cl)cc5)c4-c4ccccc4)cc3)cs2)cc1. The molecule has 234 valence electrons. The molecule has 2 heterocycles. The van der Waals surface area contributed by atoms with E-state index in [1.54, 1.807) is 18.3 Å². The predicted octanol–water partition coefficient (Wildman–Crippen LogP) is 10.4. The molecule has 0 bridgehead atoms. The molecule has 7 rings (SSSR count). The number of aryl methyl sites for hydroxylation is 1. The fourth-order valence-corrected chi connectivity index (χ4v) is 6.31. The van der Waals surface area contributed by atoms with Gasteiger partial charge >= 0.3 is 0 Å². The number of anilines is 2. The lowest BCUT2D eigenvalue weighted by Crippen LogP contribution is -2.17. The monoisotopic (exact) mass is 663 g/mol. The van der Waals surface area contributed by atoms with E-state index in [-0.39, 0.29) is 5.91 Å². The predicted molar refractivity (Wildman–Crippen MR) is 199 cm³/mol. The summed E-state index contributed by atoms with van der Waals surface area (Å²) in [7, 11) is 0. The van der Waals surface area contributed by atoms with Crippen LogP contribution in [0.5, 0.6) is 0 Å². The number of hydrogen-bond donors (Lipinski definition) is 2. The highest BCUT2D eigenvalue weighted by atomic mass is 35.5. The number of carbonyl (C=O) groups excluding carboxylic acids is 1. The largest absolute Gasteiger partial charge is 0.332 e. The number of amides is 1. The van der Waals surface area contributed by atoms with Gasteiger partial charge in [0.25, 0.3) is 5.91 Å². The first kappa shape index (κ1) is 30.9. The van der Waals surface area contributed by atoms with Gasteiger partial charge in [-0.3, -0.25) is 4.79 Å². The van der Waals surface area contributed by atoms with E-state index < -0.39 is 0 Å². The van der Waals surface area contributed by atoms with Gasteiger partial charge in [-0.15, -0.1) is 11.3 Å². The minimum atomic E-state index is -0.306. The zero-order valence-electron chi connectivity index (χ0n) is 26.0. The molecule has 2 aromatic heterocycles. The second-order valence-electron chi connectivity index (χ2n) is 11.2. The molecule has 1 amide bonds. The van der Waals surface area contributed by atoms with Gasteiger partial charge in [-0.05, 0) is 72.6 Å². The van der Waals surface area contributed by atoms with Crippen LogP contribution in [0, 0.1) is 6.92 Å². The van der Waals surface area contributed by atoms with E-state index in [2.05, 4.69) is 69.8 Å². The normalized spacial score (nSPS) is 11.1. The van der Waals surface area contributed by atoms with E-state index in [0.717, 1.165) is 55.8 Å². The Bertz CT molecular complexity index is 2190. The first-order chi connectivity index (χ1) is 23.5. The van der Waals surface area contributed by atoms with Gasteiger partial charge in [0.05, 0.1) is 23.3 Å². The zero-order chi connectivity index (χ0) is 32.9. The summed E-state index contributed by atoms with van der Waals surface area (Å²) < 4.78 is 2.20. The quantitative estimate of drug-likeness (QED) is 0.119. The highest BCUT2D eigenvalue weighted by molar-refractivity contribution is 7.14. The summed E-state index contributed by atoms with van der Waals surface area (Å²) in [6.45, 7) is 2.06. The average molecular weight is 664 g/mol. The Kier molecular flexibility index (Phi) is 8.96. The third kappa shape index (κ3) is 6.83. The van der Waals surface area contributed by atoms with Crippen LogP contribution in [0.15, 0.2) is 150 Å². The van der Waals surface area contributed by atoms with Crippen molar-refractivity contribution in [3.8, 4) is 39.5 Å². The van der Waals surface area contributed by atoms with Crippen molar-refractivity contribution < 1.29 is 4.79 Å². The Balaban J connectivity index is 1.13. The van der Waals surface area contributed by atoms with Crippen LogP contribution in [0.1, 0.15) is 21.5 Å². The Labute approximate surface area is 288 Å². The maximum absolute atomic E-state index is 13.1. The van der Waals surface area contributed by atoms with Crippen molar-refractivity contribution in [3.63, 3.8) is 0 Å². The number of nitrogens with one attached hydrogen (secondary N) is 2. The van der Waals surface area contributed by atoms with E-state index in [9.17, 15) is 4.79 Å². The van der Waals surface area contributed by atoms with Crippen LogP contribution < -0.4 is 10.7 Å². The van der Waals surface area contributed by atoms with Crippen LogP contribution in [-0.2, 0) is 0 Å². The molecule has 0 atom stereocenters. The molecule has 5 aromatic carbocycles. The van der Waals surface area contributed by atoms with Crippen molar-refractivity contribution in [2.24, 2.45) is 5.10 Å². The molecule has 0 radical (unpaired) electrons. The molecule has 8 heteroatoms. The molecule has 2 N–H and O–H groups in total. The van der Waals surface area contributed by atoms with E-state index in [0.29, 0.717) is 10.6 Å². The molecule has 0 saturated heterocycles. The minimum absolute atomic E-state index is 0.306. The van der Waals surface area contributed by atoms with E-state index in [1.165, 1.54) is 16.9 Å². The van der Waals surface area contributed by atoms with Crippen molar-refractivity contribution in [1.29, 1.82) is 0 Å². The second-order valence-corrected chi connectivity index (χ2v) is 12.5. The van der Waals surface area contributed by atoms with Gasteiger partial charge in [0.1, 0.15) is 0 Å². The molecule has 0 unspecified atom stereocenters. The third-order valence-corrected chi connectivity index (χ3v) is 8.86. The first-order valence-corrected chi connectivity index (χ1v) is 16.6.